The first-order valence-corrected chi connectivity index (χ1v) is 8.39. The molecule has 0 N–H and O–H groups in total. The summed E-state index contributed by atoms with van der Waals surface area (Å²) in [6, 6.07) is 0. The van der Waals surface area contributed by atoms with Gasteiger partial charge in [0.2, 0.25) is 0 Å². The van der Waals surface area contributed by atoms with Crippen LogP contribution in [0.3, 0.4) is 0 Å². The first-order chi connectivity index (χ1) is 10.4. The van der Waals surface area contributed by atoms with Gasteiger partial charge < -0.3 is 9.64 Å². The van der Waals surface area contributed by atoms with E-state index in [1.807, 2.05) is 34.7 Å². The molecule has 0 aliphatic rings. The standard InChI is InChI=1S/C16H24N4OS/c1-7-21-12(4)16-19-14(9-22-16)8-20(6)15-10(2)11(3)17-13(5)18-15/h9,12H,7-8H2,1-6H3/t12-/m0/s1. The monoisotopic (exact) mass is 320 g/mol. The zero-order valence-electron chi connectivity index (χ0n) is 14.2. The van der Waals surface area contributed by atoms with E-state index in [-0.39, 0.29) is 6.10 Å². The van der Waals surface area contributed by atoms with Crippen molar-refractivity contribution in [3.05, 3.63) is 33.2 Å². The summed E-state index contributed by atoms with van der Waals surface area (Å²) in [4.78, 5) is 15.8. The summed E-state index contributed by atoms with van der Waals surface area (Å²) in [7, 11) is 2.04. The third kappa shape index (κ3) is 3.81. The van der Waals surface area contributed by atoms with Crippen molar-refractivity contribution in [1.82, 2.24) is 15.0 Å². The summed E-state index contributed by atoms with van der Waals surface area (Å²) < 4.78 is 5.60. The molecule has 120 valence electrons. The molecule has 0 saturated heterocycles. The van der Waals surface area contributed by atoms with E-state index in [4.69, 9.17) is 4.74 Å². The molecule has 6 heteroatoms. The third-order valence-electron chi connectivity index (χ3n) is 3.57. The average molecular weight is 320 g/mol. The second-order valence-electron chi connectivity index (χ2n) is 5.44. The second-order valence-corrected chi connectivity index (χ2v) is 6.33. The van der Waals surface area contributed by atoms with Gasteiger partial charge in [0.15, 0.2) is 0 Å². The molecule has 5 nitrogen and oxygen atoms in total. The van der Waals surface area contributed by atoms with Gasteiger partial charge in [0, 0.05) is 30.3 Å². The summed E-state index contributed by atoms with van der Waals surface area (Å²) in [5.74, 6) is 1.77. The van der Waals surface area contributed by atoms with Crippen LogP contribution in [0.4, 0.5) is 5.82 Å². The van der Waals surface area contributed by atoms with E-state index < -0.39 is 0 Å². The lowest BCUT2D eigenvalue weighted by Crippen LogP contribution is -2.20. The van der Waals surface area contributed by atoms with Crippen LogP contribution in [-0.4, -0.2) is 28.6 Å². The summed E-state index contributed by atoms with van der Waals surface area (Å²) in [5.41, 5.74) is 3.19. The fourth-order valence-electron chi connectivity index (χ4n) is 2.34. The maximum atomic E-state index is 5.60. The molecule has 0 spiro atoms. The van der Waals surface area contributed by atoms with Crippen LogP contribution in [0.25, 0.3) is 0 Å². The topological polar surface area (TPSA) is 51.1 Å². The van der Waals surface area contributed by atoms with Gasteiger partial charge in [-0.1, -0.05) is 0 Å². The van der Waals surface area contributed by atoms with Crippen molar-refractivity contribution < 1.29 is 4.74 Å². The molecule has 0 aromatic carbocycles. The zero-order chi connectivity index (χ0) is 16.3. The molecule has 0 aliphatic carbocycles. The van der Waals surface area contributed by atoms with E-state index in [9.17, 15) is 0 Å². The Bertz CT molecular complexity index is 641. The van der Waals surface area contributed by atoms with Gasteiger partial charge in [-0.05, 0) is 34.6 Å². The molecule has 22 heavy (non-hydrogen) atoms. The average Bonchev–Trinajstić information content (AvgIpc) is 2.91. The quantitative estimate of drug-likeness (QED) is 0.814. The van der Waals surface area contributed by atoms with Crippen LogP contribution < -0.4 is 4.90 Å². The predicted molar refractivity (Wildman–Crippen MR) is 90.5 cm³/mol. The van der Waals surface area contributed by atoms with Crippen LogP contribution in [0.15, 0.2) is 5.38 Å². The number of aromatic nitrogens is 3. The zero-order valence-corrected chi connectivity index (χ0v) is 15.0. The molecular weight excluding hydrogens is 296 g/mol. The van der Waals surface area contributed by atoms with E-state index in [0.717, 1.165) is 40.1 Å². The van der Waals surface area contributed by atoms with Gasteiger partial charge in [-0.2, -0.15) is 0 Å². The first-order valence-electron chi connectivity index (χ1n) is 7.51. The van der Waals surface area contributed by atoms with Crippen LogP contribution >= 0.6 is 11.3 Å². The third-order valence-corrected chi connectivity index (χ3v) is 4.62. The summed E-state index contributed by atoms with van der Waals surface area (Å²) in [6.07, 6.45) is 0.0549. The number of rotatable bonds is 6. The predicted octanol–water partition coefficient (Wildman–Crippen LogP) is 3.59. The normalized spacial score (nSPS) is 12.5. The Morgan fingerprint density at radius 2 is 1.95 bits per heavy atom. The number of hydrogen-bond donors (Lipinski definition) is 0. The molecule has 0 radical (unpaired) electrons. The summed E-state index contributed by atoms with van der Waals surface area (Å²) in [6.45, 7) is 11.5. The van der Waals surface area contributed by atoms with Crippen LogP contribution in [0.1, 0.15) is 47.7 Å². The molecule has 0 unspecified atom stereocenters. The maximum Gasteiger partial charge on any atom is 0.135 e. The van der Waals surface area contributed by atoms with E-state index in [1.165, 1.54) is 0 Å². The number of anilines is 1. The largest absolute Gasteiger partial charge is 0.372 e. The smallest absolute Gasteiger partial charge is 0.135 e. The molecule has 2 heterocycles. The number of aryl methyl sites for hydroxylation is 2. The highest BCUT2D eigenvalue weighted by atomic mass is 32.1. The minimum atomic E-state index is 0.0549. The lowest BCUT2D eigenvalue weighted by molar-refractivity contribution is 0.0761. The molecule has 0 bridgehead atoms. The van der Waals surface area contributed by atoms with Gasteiger partial charge in [-0.15, -0.1) is 11.3 Å². The minimum absolute atomic E-state index is 0.0549. The van der Waals surface area contributed by atoms with Crippen LogP contribution in [0, 0.1) is 20.8 Å². The highest BCUT2D eigenvalue weighted by Crippen LogP contribution is 2.24. The molecule has 2 rings (SSSR count). The Morgan fingerprint density at radius 1 is 1.23 bits per heavy atom. The van der Waals surface area contributed by atoms with Crippen LogP contribution in [0.5, 0.6) is 0 Å². The van der Waals surface area contributed by atoms with Gasteiger partial charge in [-0.25, -0.2) is 15.0 Å². The summed E-state index contributed by atoms with van der Waals surface area (Å²) in [5, 5.41) is 3.12. The van der Waals surface area contributed by atoms with Gasteiger partial charge in [0.05, 0.1) is 12.2 Å². The molecule has 0 saturated carbocycles. The van der Waals surface area contributed by atoms with Crippen LogP contribution in [0.2, 0.25) is 0 Å². The van der Waals surface area contributed by atoms with Crippen molar-refractivity contribution in [2.75, 3.05) is 18.6 Å². The van der Waals surface area contributed by atoms with Gasteiger partial charge in [0.25, 0.3) is 0 Å². The molecule has 2 aromatic heterocycles. The Morgan fingerprint density at radius 3 is 2.64 bits per heavy atom. The fourth-order valence-corrected chi connectivity index (χ4v) is 3.16. The maximum absolute atomic E-state index is 5.60. The van der Waals surface area contributed by atoms with Gasteiger partial charge in [-0.3, -0.25) is 0 Å². The first kappa shape index (κ1) is 16.8. The minimum Gasteiger partial charge on any atom is -0.372 e. The molecule has 2 aromatic rings. The highest BCUT2D eigenvalue weighted by Gasteiger charge is 2.14. The number of nitrogens with zero attached hydrogens (tertiary/aromatic N) is 4. The van der Waals surface area contributed by atoms with E-state index in [0.29, 0.717) is 6.61 Å². The SMILES string of the molecule is CCO[C@@H](C)c1nc(CN(C)c2nc(C)nc(C)c2C)cs1. The number of thiazole rings is 1. The molecule has 0 aliphatic heterocycles. The lowest BCUT2D eigenvalue weighted by Gasteiger charge is -2.20. The lowest BCUT2D eigenvalue weighted by atomic mass is 10.2. The fraction of sp³-hybridized carbons (Fsp3) is 0.562. The molecule has 1 atom stereocenters. The van der Waals surface area contributed by atoms with E-state index >= 15 is 0 Å². The van der Waals surface area contributed by atoms with Crippen molar-refractivity contribution in [3.8, 4) is 0 Å². The van der Waals surface area contributed by atoms with E-state index in [1.54, 1.807) is 11.3 Å². The molecule has 0 amide bonds. The second kappa shape index (κ2) is 7.15. The van der Waals surface area contributed by atoms with Gasteiger partial charge >= 0.3 is 0 Å². The van der Waals surface area contributed by atoms with Crippen molar-refractivity contribution in [2.45, 2.75) is 47.3 Å². The van der Waals surface area contributed by atoms with Crippen molar-refractivity contribution in [2.24, 2.45) is 0 Å². The van der Waals surface area contributed by atoms with Crippen LogP contribution in [-0.2, 0) is 11.3 Å². The number of ether oxygens (including phenoxy) is 1. The summed E-state index contributed by atoms with van der Waals surface area (Å²) >= 11 is 1.65. The Hall–Kier alpha value is -1.53. The molecule has 0 fully saturated rings. The van der Waals surface area contributed by atoms with Crippen molar-refractivity contribution in [3.63, 3.8) is 0 Å². The number of hydrogen-bond acceptors (Lipinski definition) is 6. The Kier molecular flexibility index (Phi) is 5.47. The van der Waals surface area contributed by atoms with Crippen molar-refractivity contribution in [1.29, 1.82) is 0 Å². The highest BCUT2D eigenvalue weighted by molar-refractivity contribution is 7.09. The Balaban J connectivity index is 2.14. The Labute approximate surface area is 136 Å². The van der Waals surface area contributed by atoms with Gasteiger partial charge in [0.1, 0.15) is 22.8 Å². The van der Waals surface area contributed by atoms with Crippen molar-refractivity contribution >= 4 is 17.2 Å². The molecular formula is C16H24N4OS. The van der Waals surface area contributed by atoms with E-state index in [2.05, 4.69) is 32.2 Å².